The minimum absolute atomic E-state index is 0. The molecule has 3 rings (SSSR count). The van der Waals surface area contributed by atoms with Crippen LogP contribution in [0.5, 0.6) is 17.2 Å². The number of aliphatic imine (C=N–C) groups is 1. The van der Waals surface area contributed by atoms with Gasteiger partial charge in [-0.1, -0.05) is 24.3 Å². The zero-order valence-electron chi connectivity index (χ0n) is 14.0. The van der Waals surface area contributed by atoms with Gasteiger partial charge >= 0.3 is 0 Å². The van der Waals surface area contributed by atoms with Crippen molar-refractivity contribution in [2.24, 2.45) is 10.1 Å². The Balaban J connectivity index is 0.00000225. The predicted octanol–water partition coefficient (Wildman–Crippen LogP) is 2.76. The molecule has 2 aromatic carbocycles. The fourth-order valence-corrected chi connectivity index (χ4v) is 2.59. The number of hydrogen-bond donors (Lipinski definition) is 2. The third-order valence-corrected chi connectivity index (χ3v) is 3.81. The molecule has 0 spiro atoms. The number of hydrogen-bond acceptors (Lipinski definition) is 6. The molecule has 0 saturated carbocycles. The summed E-state index contributed by atoms with van der Waals surface area (Å²) < 4.78 is 10.3. The number of benzene rings is 2. The smallest absolute Gasteiger partial charge is 0.200 e. The Morgan fingerprint density at radius 2 is 1.84 bits per heavy atom. The van der Waals surface area contributed by atoms with Crippen LogP contribution in [0.3, 0.4) is 0 Å². The number of nitrogens with one attached hydrogen (secondary N) is 1. The molecule has 2 N–H and O–H groups in total. The number of rotatable bonds is 4. The third-order valence-electron chi connectivity index (χ3n) is 3.81. The van der Waals surface area contributed by atoms with Crippen molar-refractivity contribution in [3.05, 3.63) is 53.1 Å². The summed E-state index contributed by atoms with van der Waals surface area (Å²) in [4.78, 5) is 4.49. The van der Waals surface area contributed by atoms with Crippen molar-refractivity contribution < 1.29 is 14.6 Å². The second-order valence-electron chi connectivity index (χ2n) is 5.28. The maximum Gasteiger partial charge on any atom is 0.200 e. The maximum absolute atomic E-state index is 9.92. The van der Waals surface area contributed by atoms with E-state index in [-0.39, 0.29) is 18.2 Å². The molecule has 1 aliphatic rings. The number of ether oxygens (including phenoxy) is 2. The lowest BCUT2D eigenvalue weighted by atomic mass is 10.0. The standard InChI is InChI=1S/C18H19N3O3.ClH/c1-23-15-9-12(10-16(24-2)17(15)22)11-20-21-18-14-6-4-3-5-13(14)7-8-19-18;/h3-6,9-11,22H,7-8H2,1-2H3,(H,19,21);1H/b20-11+;. The molecule has 0 aromatic heterocycles. The molecule has 7 heteroatoms. The Kier molecular flexibility index (Phi) is 6.25. The zero-order chi connectivity index (χ0) is 16.9. The number of amidine groups is 1. The molecular formula is C18H20ClN3O3. The van der Waals surface area contributed by atoms with Gasteiger partial charge < -0.3 is 14.6 Å². The van der Waals surface area contributed by atoms with E-state index in [0.717, 1.165) is 29.9 Å². The molecule has 0 aliphatic carbocycles. The van der Waals surface area contributed by atoms with Crippen molar-refractivity contribution in [3.63, 3.8) is 0 Å². The van der Waals surface area contributed by atoms with Crippen molar-refractivity contribution >= 4 is 24.5 Å². The summed E-state index contributed by atoms with van der Waals surface area (Å²) in [7, 11) is 2.97. The zero-order valence-corrected chi connectivity index (χ0v) is 14.8. The summed E-state index contributed by atoms with van der Waals surface area (Å²) in [6.07, 6.45) is 2.57. The van der Waals surface area contributed by atoms with Crippen LogP contribution >= 0.6 is 12.4 Å². The summed E-state index contributed by atoms with van der Waals surface area (Å²) >= 11 is 0. The molecular weight excluding hydrogens is 342 g/mol. The fourth-order valence-electron chi connectivity index (χ4n) is 2.59. The molecule has 1 aliphatic heterocycles. The van der Waals surface area contributed by atoms with E-state index in [0.29, 0.717) is 11.5 Å². The lowest BCUT2D eigenvalue weighted by molar-refractivity contribution is 0.340. The van der Waals surface area contributed by atoms with Crippen molar-refractivity contribution in [2.45, 2.75) is 6.42 Å². The number of aromatic hydroxyl groups is 1. The maximum atomic E-state index is 9.92. The number of phenols is 1. The molecule has 2 aromatic rings. The number of halogens is 1. The van der Waals surface area contributed by atoms with Gasteiger partial charge in [-0.15, -0.1) is 12.4 Å². The number of phenolic OH excluding ortho intramolecular Hbond substituents is 1. The van der Waals surface area contributed by atoms with E-state index in [4.69, 9.17) is 9.47 Å². The Morgan fingerprint density at radius 1 is 1.16 bits per heavy atom. The molecule has 132 valence electrons. The first-order valence-corrected chi connectivity index (χ1v) is 7.59. The molecule has 0 radical (unpaired) electrons. The van der Waals surface area contributed by atoms with Gasteiger partial charge in [0.05, 0.1) is 20.4 Å². The molecule has 1 heterocycles. The van der Waals surface area contributed by atoms with E-state index in [1.54, 1.807) is 18.3 Å². The first kappa shape index (κ1) is 18.6. The molecule has 0 bridgehead atoms. The summed E-state index contributed by atoms with van der Waals surface area (Å²) in [6.45, 7) is 0.746. The van der Waals surface area contributed by atoms with Crippen LogP contribution in [0.1, 0.15) is 16.7 Å². The number of nitrogens with zero attached hydrogens (tertiary/aromatic N) is 2. The molecule has 0 fully saturated rings. The van der Waals surface area contributed by atoms with Gasteiger partial charge in [-0.2, -0.15) is 5.10 Å². The molecule has 0 atom stereocenters. The Morgan fingerprint density at radius 3 is 2.52 bits per heavy atom. The van der Waals surface area contributed by atoms with Gasteiger partial charge in [0.1, 0.15) is 5.84 Å². The van der Waals surface area contributed by atoms with Crippen LogP contribution in [-0.2, 0) is 6.42 Å². The first-order valence-electron chi connectivity index (χ1n) is 7.59. The summed E-state index contributed by atoms with van der Waals surface area (Å²) in [5.74, 6) is 1.38. The number of hydrazone groups is 1. The largest absolute Gasteiger partial charge is 0.502 e. The monoisotopic (exact) mass is 361 g/mol. The number of fused-ring (bicyclic) bond motifs is 1. The van der Waals surface area contributed by atoms with Crippen LogP contribution in [0, 0.1) is 0 Å². The average molecular weight is 362 g/mol. The van der Waals surface area contributed by atoms with Crippen LogP contribution in [-0.4, -0.2) is 37.9 Å². The highest BCUT2D eigenvalue weighted by atomic mass is 35.5. The van der Waals surface area contributed by atoms with Gasteiger partial charge in [-0.05, 0) is 24.1 Å². The highest BCUT2D eigenvalue weighted by molar-refractivity contribution is 6.01. The minimum Gasteiger partial charge on any atom is -0.502 e. The van der Waals surface area contributed by atoms with Crippen molar-refractivity contribution in [2.75, 3.05) is 20.8 Å². The highest BCUT2D eigenvalue weighted by Crippen LogP contribution is 2.36. The van der Waals surface area contributed by atoms with Gasteiger partial charge in [0, 0.05) is 17.7 Å². The van der Waals surface area contributed by atoms with Crippen molar-refractivity contribution in [3.8, 4) is 17.2 Å². The quantitative estimate of drug-likeness (QED) is 0.648. The second kappa shape index (κ2) is 8.39. The SMILES string of the molecule is COc1cc(/C=N/NC2=NCCc3ccccc32)cc(OC)c1O.Cl. The van der Waals surface area contributed by atoms with Crippen LogP contribution in [0.4, 0.5) is 0 Å². The predicted molar refractivity (Wildman–Crippen MR) is 101 cm³/mol. The van der Waals surface area contributed by atoms with Crippen molar-refractivity contribution in [1.29, 1.82) is 0 Å². The average Bonchev–Trinajstić information content (AvgIpc) is 2.63. The van der Waals surface area contributed by atoms with E-state index in [1.807, 2.05) is 18.2 Å². The molecule has 0 amide bonds. The normalized spacial score (nSPS) is 12.8. The van der Waals surface area contributed by atoms with Gasteiger partial charge in [0.25, 0.3) is 0 Å². The van der Waals surface area contributed by atoms with E-state index in [1.165, 1.54) is 19.8 Å². The van der Waals surface area contributed by atoms with Crippen LogP contribution < -0.4 is 14.9 Å². The van der Waals surface area contributed by atoms with Gasteiger partial charge in [0.2, 0.25) is 5.75 Å². The topological polar surface area (TPSA) is 75.4 Å². The number of methoxy groups -OCH3 is 2. The van der Waals surface area contributed by atoms with Crippen LogP contribution in [0.2, 0.25) is 0 Å². The van der Waals surface area contributed by atoms with E-state index in [9.17, 15) is 5.11 Å². The lowest BCUT2D eigenvalue weighted by Gasteiger charge is -2.15. The van der Waals surface area contributed by atoms with E-state index < -0.39 is 0 Å². The minimum atomic E-state index is -0.0318. The molecule has 0 saturated heterocycles. The fraction of sp³-hybridized carbons (Fsp3) is 0.222. The van der Waals surface area contributed by atoms with Gasteiger partial charge in [-0.3, -0.25) is 10.4 Å². The summed E-state index contributed by atoms with van der Waals surface area (Å²) in [5.41, 5.74) is 6.06. The van der Waals surface area contributed by atoms with E-state index >= 15 is 0 Å². The van der Waals surface area contributed by atoms with E-state index in [2.05, 4.69) is 21.6 Å². The second-order valence-corrected chi connectivity index (χ2v) is 5.28. The molecule has 6 nitrogen and oxygen atoms in total. The van der Waals surface area contributed by atoms with Crippen molar-refractivity contribution in [1.82, 2.24) is 5.43 Å². The van der Waals surface area contributed by atoms with Crippen LogP contribution in [0.15, 0.2) is 46.5 Å². The van der Waals surface area contributed by atoms with Gasteiger partial charge in [0.15, 0.2) is 11.5 Å². The lowest BCUT2D eigenvalue weighted by Crippen LogP contribution is -2.24. The molecule has 25 heavy (non-hydrogen) atoms. The Hall–Kier alpha value is -2.73. The van der Waals surface area contributed by atoms with Crippen LogP contribution in [0.25, 0.3) is 0 Å². The Labute approximate surface area is 152 Å². The molecule has 0 unspecified atom stereocenters. The van der Waals surface area contributed by atoms with Gasteiger partial charge in [-0.25, -0.2) is 0 Å². The Bertz CT molecular complexity index is 781. The summed E-state index contributed by atoms with van der Waals surface area (Å²) in [5, 5.41) is 14.2. The third kappa shape index (κ3) is 4.03. The first-order chi connectivity index (χ1) is 11.7. The summed E-state index contributed by atoms with van der Waals surface area (Å²) in [6, 6.07) is 11.5. The highest BCUT2D eigenvalue weighted by Gasteiger charge is 2.13.